The second-order valence-electron chi connectivity index (χ2n) is 3.92. The second-order valence-corrected chi connectivity index (χ2v) is 3.92. The minimum absolute atomic E-state index is 0.608. The van der Waals surface area contributed by atoms with E-state index < -0.39 is 0 Å². The standard InChI is InChI=1S/C13H22N2O/c1-12-3-5-13(6-4-12)11-15-8-2-9-16-10-7-14/h3-6,15H,2,7-11,14H2,1H3. The molecule has 0 atom stereocenters. The van der Waals surface area contributed by atoms with E-state index in [1.54, 1.807) is 0 Å². The predicted molar refractivity (Wildman–Crippen MR) is 67.4 cm³/mol. The van der Waals surface area contributed by atoms with Crippen molar-refractivity contribution in [3.8, 4) is 0 Å². The van der Waals surface area contributed by atoms with Crippen LogP contribution in [-0.2, 0) is 11.3 Å². The van der Waals surface area contributed by atoms with Crippen LogP contribution >= 0.6 is 0 Å². The Balaban J connectivity index is 2.01. The smallest absolute Gasteiger partial charge is 0.0588 e. The monoisotopic (exact) mass is 222 g/mol. The van der Waals surface area contributed by atoms with Crippen molar-refractivity contribution in [2.24, 2.45) is 5.73 Å². The number of nitrogens with one attached hydrogen (secondary N) is 1. The van der Waals surface area contributed by atoms with Gasteiger partial charge in [0.05, 0.1) is 6.61 Å². The Morgan fingerprint density at radius 1 is 1.19 bits per heavy atom. The first-order valence-corrected chi connectivity index (χ1v) is 5.87. The lowest BCUT2D eigenvalue weighted by atomic mass is 10.1. The maximum Gasteiger partial charge on any atom is 0.0588 e. The molecule has 0 amide bonds. The van der Waals surface area contributed by atoms with E-state index >= 15 is 0 Å². The molecule has 0 unspecified atom stereocenters. The lowest BCUT2D eigenvalue weighted by Crippen LogP contribution is -2.17. The summed E-state index contributed by atoms with van der Waals surface area (Å²) in [5, 5.41) is 3.39. The number of aryl methyl sites for hydroxylation is 1. The molecule has 3 nitrogen and oxygen atoms in total. The molecular formula is C13H22N2O. The molecule has 16 heavy (non-hydrogen) atoms. The highest BCUT2D eigenvalue weighted by atomic mass is 16.5. The topological polar surface area (TPSA) is 47.3 Å². The van der Waals surface area contributed by atoms with Crippen LogP contribution in [0, 0.1) is 6.92 Å². The summed E-state index contributed by atoms with van der Waals surface area (Å²) >= 11 is 0. The largest absolute Gasteiger partial charge is 0.380 e. The third-order valence-corrected chi connectivity index (χ3v) is 2.35. The summed E-state index contributed by atoms with van der Waals surface area (Å²) < 4.78 is 5.29. The van der Waals surface area contributed by atoms with Crippen molar-refractivity contribution >= 4 is 0 Å². The van der Waals surface area contributed by atoms with Crippen molar-refractivity contribution in [3.63, 3.8) is 0 Å². The molecule has 0 radical (unpaired) electrons. The van der Waals surface area contributed by atoms with E-state index in [1.807, 2.05) is 0 Å². The van der Waals surface area contributed by atoms with Gasteiger partial charge in [0.15, 0.2) is 0 Å². The Hall–Kier alpha value is -0.900. The van der Waals surface area contributed by atoms with Gasteiger partial charge >= 0.3 is 0 Å². The molecule has 0 aliphatic carbocycles. The summed E-state index contributed by atoms with van der Waals surface area (Å²) in [5.41, 5.74) is 7.95. The first-order chi connectivity index (χ1) is 7.83. The van der Waals surface area contributed by atoms with Crippen molar-refractivity contribution in [3.05, 3.63) is 35.4 Å². The Morgan fingerprint density at radius 3 is 2.62 bits per heavy atom. The van der Waals surface area contributed by atoms with Gasteiger partial charge in [-0.15, -0.1) is 0 Å². The van der Waals surface area contributed by atoms with Gasteiger partial charge in [0.1, 0.15) is 0 Å². The van der Waals surface area contributed by atoms with Crippen LogP contribution in [0.4, 0.5) is 0 Å². The van der Waals surface area contributed by atoms with Crippen LogP contribution in [0.25, 0.3) is 0 Å². The fraction of sp³-hybridized carbons (Fsp3) is 0.538. The zero-order valence-electron chi connectivity index (χ0n) is 10.0. The van der Waals surface area contributed by atoms with Gasteiger partial charge in [-0.3, -0.25) is 0 Å². The van der Waals surface area contributed by atoms with Gasteiger partial charge in [-0.05, 0) is 25.5 Å². The maximum absolute atomic E-state index is 5.32. The highest BCUT2D eigenvalue weighted by Crippen LogP contribution is 2.02. The normalized spacial score (nSPS) is 10.6. The van der Waals surface area contributed by atoms with Crippen LogP contribution < -0.4 is 11.1 Å². The number of benzene rings is 1. The fourth-order valence-electron chi connectivity index (χ4n) is 1.42. The summed E-state index contributed by atoms with van der Waals surface area (Å²) in [5.74, 6) is 0. The SMILES string of the molecule is Cc1ccc(CNCCCOCCN)cc1. The molecule has 0 bridgehead atoms. The van der Waals surface area contributed by atoms with Gasteiger partial charge < -0.3 is 15.8 Å². The molecule has 0 aromatic heterocycles. The van der Waals surface area contributed by atoms with Crippen LogP contribution in [0.3, 0.4) is 0 Å². The lowest BCUT2D eigenvalue weighted by Gasteiger charge is -2.05. The number of hydrogen-bond donors (Lipinski definition) is 2. The Bertz CT molecular complexity index is 272. The predicted octanol–water partition coefficient (Wildman–Crippen LogP) is 1.45. The van der Waals surface area contributed by atoms with E-state index in [0.717, 1.165) is 26.1 Å². The van der Waals surface area contributed by atoms with Gasteiger partial charge in [0.2, 0.25) is 0 Å². The molecule has 0 heterocycles. The Morgan fingerprint density at radius 2 is 1.94 bits per heavy atom. The molecule has 0 fully saturated rings. The zero-order valence-corrected chi connectivity index (χ0v) is 10.0. The third kappa shape index (κ3) is 5.85. The highest BCUT2D eigenvalue weighted by molar-refractivity contribution is 5.20. The minimum Gasteiger partial charge on any atom is -0.380 e. The molecule has 1 aromatic carbocycles. The van der Waals surface area contributed by atoms with Crippen molar-refractivity contribution in [1.82, 2.24) is 5.32 Å². The molecule has 1 rings (SSSR count). The molecular weight excluding hydrogens is 200 g/mol. The van der Waals surface area contributed by atoms with Gasteiger partial charge in [0, 0.05) is 19.7 Å². The van der Waals surface area contributed by atoms with Gasteiger partial charge in [-0.1, -0.05) is 29.8 Å². The number of nitrogens with two attached hydrogens (primary N) is 1. The van der Waals surface area contributed by atoms with Crippen LogP contribution in [0.5, 0.6) is 0 Å². The van der Waals surface area contributed by atoms with Gasteiger partial charge in [-0.25, -0.2) is 0 Å². The van der Waals surface area contributed by atoms with E-state index in [2.05, 4.69) is 36.5 Å². The van der Waals surface area contributed by atoms with E-state index in [-0.39, 0.29) is 0 Å². The first-order valence-electron chi connectivity index (χ1n) is 5.87. The lowest BCUT2D eigenvalue weighted by molar-refractivity contribution is 0.139. The third-order valence-electron chi connectivity index (χ3n) is 2.35. The summed E-state index contributed by atoms with van der Waals surface area (Å²) in [7, 11) is 0. The van der Waals surface area contributed by atoms with Gasteiger partial charge in [-0.2, -0.15) is 0 Å². The summed E-state index contributed by atoms with van der Waals surface area (Å²) in [6, 6.07) is 8.60. The van der Waals surface area contributed by atoms with Crippen LogP contribution in [0.15, 0.2) is 24.3 Å². The van der Waals surface area contributed by atoms with E-state index in [1.165, 1.54) is 11.1 Å². The Labute approximate surface area is 98.0 Å². The summed E-state index contributed by atoms with van der Waals surface area (Å²) in [6.45, 7) is 6.08. The van der Waals surface area contributed by atoms with Crippen LogP contribution in [0.2, 0.25) is 0 Å². The molecule has 0 saturated heterocycles. The molecule has 3 N–H and O–H groups in total. The number of hydrogen-bond acceptors (Lipinski definition) is 3. The average Bonchev–Trinajstić information content (AvgIpc) is 2.30. The molecule has 0 aliphatic heterocycles. The molecule has 0 spiro atoms. The van der Waals surface area contributed by atoms with Crippen molar-refractivity contribution in [1.29, 1.82) is 0 Å². The van der Waals surface area contributed by atoms with Crippen molar-refractivity contribution < 1.29 is 4.74 Å². The highest BCUT2D eigenvalue weighted by Gasteiger charge is 1.92. The van der Waals surface area contributed by atoms with Gasteiger partial charge in [0.25, 0.3) is 0 Å². The summed E-state index contributed by atoms with van der Waals surface area (Å²) in [6.07, 6.45) is 1.03. The average molecular weight is 222 g/mol. The van der Waals surface area contributed by atoms with E-state index in [4.69, 9.17) is 10.5 Å². The number of ether oxygens (including phenoxy) is 1. The van der Waals surface area contributed by atoms with Crippen molar-refractivity contribution in [2.45, 2.75) is 19.9 Å². The zero-order chi connectivity index (χ0) is 11.6. The molecule has 0 saturated carbocycles. The van der Waals surface area contributed by atoms with Crippen LogP contribution in [0.1, 0.15) is 17.5 Å². The van der Waals surface area contributed by atoms with Crippen LogP contribution in [-0.4, -0.2) is 26.3 Å². The van der Waals surface area contributed by atoms with Crippen molar-refractivity contribution in [2.75, 3.05) is 26.3 Å². The first kappa shape index (κ1) is 13.2. The molecule has 0 aliphatic rings. The summed E-state index contributed by atoms with van der Waals surface area (Å²) in [4.78, 5) is 0. The minimum atomic E-state index is 0.608. The van der Waals surface area contributed by atoms with E-state index in [0.29, 0.717) is 13.2 Å². The second kappa shape index (κ2) is 8.28. The van der Waals surface area contributed by atoms with E-state index in [9.17, 15) is 0 Å². The molecule has 90 valence electrons. The fourth-order valence-corrected chi connectivity index (χ4v) is 1.42. The molecule has 3 heteroatoms. The molecule has 1 aromatic rings. The maximum atomic E-state index is 5.32. The number of rotatable bonds is 8. The quantitative estimate of drug-likeness (QED) is 0.654. The Kier molecular flexibility index (Phi) is 6.81.